The van der Waals surface area contributed by atoms with Crippen LogP contribution >= 0.6 is 7.82 Å². The lowest BCUT2D eigenvalue weighted by atomic mass is 10.0. The number of nitrogens with zero attached hydrogens (tertiary/aromatic N) is 1. The first kappa shape index (κ1) is 87.9. The molecule has 0 saturated carbocycles. The van der Waals surface area contributed by atoms with E-state index in [1.165, 1.54) is 161 Å². The van der Waals surface area contributed by atoms with Crippen LogP contribution in [-0.4, -0.2) is 74.9 Å². The quantitative estimate of drug-likeness (QED) is 0.0211. The van der Waals surface area contributed by atoms with Gasteiger partial charge in [-0.05, 0) is 116 Å². The molecule has 0 aliphatic carbocycles. The Labute approximate surface area is 567 Å². The Balaban J connectivity index is 4.01. The smallest absolute Gasteiger partial charge is 0.462 e. The number of carbonyl (C=O) groups excluding carboxylic acids is 2. The van der Waals surface area contributed by atoms with Crippen LogP contribution in [0.15, 0.2) is 146 Å². The Hall–Kier alpha value is -4.11. The van der Waals surface area contributed by atoms with Gasteiger partial charge >= 0.3 is 19.8 Å². The molecule has 0 heterocycles. The number of hydrogen-bond donors (Lipinski definition) is 1. The number of unbranched alkanes of at least 4 members (excludes halogenated alkanes) is 30. The lowest BCUT2D eigenvalue weighted by Gasteiger charge is -2.24. The fourth-order valence-corrected chi connectivity index (χ4v) is 10.9. The number of rotatable bonds is 68. The molecule has 0 aromatic carbocycles. The number of allylic oxidation sites excluding steroid dienone is 24. The Morgan fingerprint density at radius 3 is 0.870 bits per heavy atom. The molecule has 0 aliphatic heterocycles. The molecular weight excluding hydrogens is 1160 g/mol. The number of phosphoric ester groups is 1. The number of carbonyl (C=O) groups is 2. The van der Waals surface area contributed by atoms with Crippen LogP contribution in [0.4, 0.5) is 0 Å². The average Bonchev–Trinajstić information content (AvgIpc) is 2.14. The van der Waals surface area contributed by atoms with Crippen LogP contribution in [0.5, 0.6) is 0 Å². The van der Waals surface area contributed by atoms with Gasteiger partial charge in [-0.15, -0.1) is 0 Å². The van der Waals surface area contributed by atoms with E-state index >= 15 is 0 Å². The topological polar surface area (TPSA) is 108 Å². The third kappa shape index (κ3) is 74.9. The Morgan fingerprint density at radius 1 is 0.337 bits per heavy atom. The zero-order valence-electron chi connectivity index (χ0n) is 60.0. The molecule has 0 amide bonds. The van der Waals surface area contributed by atoms with Gasteiger partial charge in [-0.3, -0.25) is 18.6 Å². The highest BCUT2D eigenvalue weighted by Crippen LogP contribution is 2.43. The van der Waals surface area contributed by atoms with Gasteiger partial charge in [0.25, 0.3) is 0 Å². The molecular formula is C82H141NO8P+. The summed E-state index contributed by atoms with van der Waals surface area (Å²) in [5, 5.41) is 0. The summed E-state index contributed by atoms with van der Waals surface area (Å²) >= 11 is 0. The van der Waals surface area contributed by atoms with E-state index in [2.05, 4.69) is 160 Å². The first-order chi connectivity index (χ1) is 45.0. The monoisotopic (exact) mass is 1300 g/mol. The molecule has 0 rings (SSSR count). The maximum absolute atomic E-state index is 12.9. The number of quaternary nitrogens is 1. The molecule has 92 heavy (non-hydrogen) atoms. The zero-order chi connectivity index (χ0) is 66.9. The van der Waals surface area contributed by atoms with Crippen molar-refractivity contribution in [3.8, 4) is 0 Å². The molecule has 0 aliphatic rings. The highest BCUT2D eigenvalue weighted by atomic mass is 31.2. The van der Waals surface area contributed by atoms with E-state index in [0.717, 1.165) is 116 Å². The highest BCUT2D eigenvalue weighted by molar-refractivity contribution is 7.47. The molecule has 0 saturated heterocycles. The summed E-state index contributed by atoms with van der Waals surface area (Å²) in [5.41, 5.74) is 0. The molecule has 0 radical (unpaired) electrons. The minimum atomic E-state index is -4.40. The number of likely N-dealkylation sites (N-methyl/N-ethyl adjacent to an activating group) is 1. The zero-order valence-corrected chi connectivity index (χ0v) is 60.9. The van der Waals surface area contributed by atoms with Gasteiger partial charge in [-0.25, -0.2) is 4.57 Å². The summed E-state index contributed by atoms with van der Waals surface area (Å²) in [6, 6.07) is 0. The van der Waals surface area contributed by atoms with Crippen molar-refractivity contribution in [1.82, 2.24) is 0 Å². The van der Waals surface area contributed by atoms with Crippen LogP contribution in [0.25, 0.3) is 0 Å². The second-order valence-electron chi connectivity index (χ2n) is 25.9. The lowest BCUT2D eigenvalue weighted by Crippen LogP contribution is -2.37. The van der Waals surface area contributed by atoms with Gasteiger partial charge in [0, 0.05) is 12.8 Å². The van der Waals surface area contributed by atoms with Crippen LogP contribution in [0.3, 0.4) is 0 Å². The predicted octanol–water partition coefficient (Wildman–Crippen LogP) is 24.9. The number of ether oxygens (including phenoxy) is 2. The molecule has 0 spiro atoms. The highest BCUT2D eigenvalue weighted by Gasteiger charge is 2.27. The van der Waals surface area contributed by atoms with Crippen molar-refractivity contribution in [1.29, 1.82) is 0 Å². The Bertz CT molecular complexity index is 2070. The summed E-state index contributed by atoms with van der Waals surface area (Å²) in [5.74, 6) is -0.795. The van der Waals surface area contributed by atoms with Gasteiger partial charge in [-0.1, -0.05) is 327 Å². The minimum absolute atomic E-state index is 0.0272. The van der Waals surface area contributed by atoms with Crippen molar-refractivity contribution in [2.45, 2.75) is 315 Å². The predicted molar refractivity (Wildman–Crippen MR) is 399 cm³/mol. The number of phosphoric acid groups is 1. The largest absolute Gasteiger partial charge is 0.472 e. The molecule has 0 fully saturated rings. The normalized spacial score (nSPS) is 13.9. The molecule has 526 valence electrons. The number of esters is 2. The van der Waals surface area contributed by atoms with Crippen LogP contribution in [0.2, 0.25) is 0 Å². The van der Waals surface area contributed by atoms with Crippen molar-refractivity contribution in [2.75, 3.05) is 47.5 Å². The van der Waals surface area contributed by atoms with Crippen LogP contribution in [-0.2, 0) is 32.7 Å². The van der Waals surface area contributed by atoms with Crippen LogP contribution < -0.4 is 0 Å². The van der Waals surface area contributed by atoms with E-state index in [-0.39, 0.29) is 32.0 Å². The molecule has 1 N–H and O–H groups in total. The first-order valence-electron chi connectivity index (χ1n) is 37.6. The SMILES string of the molecule is CC/C=C\C/C=C\C/C=C\C/C=C\C/C=C\C/C=C\C/C=C\CCCCCCCCCCCCCCCCCCCC(=O)OC(COC(=O)CCCCCCCCCCCCCCC/C=C\C/C=C\C/C=C\C/C=C\C/C=C\CC)COP(=O)(O)OCC[N+](C)(C)C. The summed E-state index contributed by atoms with van der Waals surface area (Å²) in [7, 11) is 1.47. The molecule has 0 aromatic heterocycles. The third-order valence-electron chi connectivity index (χ3n) is 15.9. The van der Waals surface area contributed by atoms with Gasteiger partial charge in [0.05, 0.1) is 27.7 Å². The maximum atomic E-state index is 12.9. The second kappa shape index (κ2) is 71.2. The van der Waals surface area contributed by atoms with Gasteiger partial charge in [-0.2, -0.15) is 0 Å². The fourth-order valence-electron chi connectivity index (χ4n) is 10.2. The second-order valence-corrected chi connectivity index (χ2v) is 27.4. The van der Waals surface area contributed by atoms with Crippen molar-refractivity contribution in [3.63, 3.8) is 0 Å². The Morgan fingerprint density at radius 2 is 0.587 bits per heavy atom. The van der Waals surface area contributed by atoms with E-state index in [0.29, 0.717) is 17.4 Å². The van der Waals surface area contributed by atoms with E-state index in [4.69, 9.17) is 18.5 Å². The van der Waals surface area contributed by atoms with Crippen molar-refractivity contribution in [3.05, 3.63) is 146 Å². The van der Waals surface area contributed by atoms with Crippen molar-refractivity contribution >= 4 is 19.8 Å². The van der Waals surface area contributed by atoms with Crippen molar-refractivity contribution in [2.24, 2.45) is 0 Å². The summed E-state index contributed by atoms with van der Waals surface area (Å²) in [6.45, 7) is 4.22. The van der Waals surface area contributed by atoms with Gasteiger partial charge in [0.1, 0.15) is 19.8 Å². The van der Waals surface area contributed by atoms with Gasteiger partial charge < -0.3 is 18.9 Å². The molecule has 9 nitrogen and oxygen atoms in total. The van der Waals surface area contributed by atoms with Crippen molar-refractivity contribution < 1.29 is 42.1 Å². The van der Waals surface area contributed by atoms with E-state index in [9.17, 15) is 19.0 Å². The average molecular weight is 1300 g/mol. The van der Waals surface area contributed by atoms with Crippen LogP contribution in [0.1, 0.15) is 309 Å². The lowest BCUT2D eigenvalue weighted by molar-refractivity contribution is -0.870. The van der Waals surface area contributed by atoms with Gasteiger partial charge in [0.15, 0.2) is 6.10 Å². The standard InChI is InChI=1S/C82H140NO8P/c1-6-8-10-12-14-16-18-20-22-24-26-28-30-32-34-36-37-38-39-40-41-42-43-44-45-47-49-51-53-55-57-59-61-63-65-67-69-71-73-75-82(85)91-80(79-90-92(86,87)89-77-76-83(3,4)5)78-88-81(84)74-72-70-68-66-64-62-60-58-56-54-52-50-48-46-35-33-31-29-27-25-23-21-19-17-15-13-11-9-7-2/h8-11,14-17,20-23,26-29,32-35,37-38,40-41,80H,6-7,12-13,18-19,24-25,30-31,36,39,42-79H2,1-5H3/p+1/b10-8-,11-9-,16-14-,17-15-,22-20-,23-21-,28-26-,29-27-,34-32-,35-33-,38-37-,41-40-. The van der Waals surface area contributed by atoms with E-state index in [1.807, 2.05) is 21.1 Å². The molecule has 0 aromatic rings. The fraction of sp³-hybridized carbons (Fsp3) is 0.683. The molecule has 10 heteroatoms. The summed E-state index contributed by atoms with van der Waals surface area (Å²) < 4.78 is 34.8. The summed E-state index contributed by atoms with van der Waals surface area (Å²) in [6.07, 6.45) is 105. The minimum Gasteiger partial charge on any atom is -0.462 e. The van der Waals surface area contributed by atoms with E-state index in [1.54, 1.807) is 0 Å². The van der Waals surface area contributed by atoms with Crippen LogP contribution in [0, 0.1) is 0 Å². The maximum Gasteiger partial charge on any atom is 0.472 e. The summed E-state index contributed by atoms with van der Waals surface area (Å²) in [4.78, 5) is 35.9. The molecule has 0 bridgehead atoms. The van der Waals surface area contributed by atoms with Gasteiger partial charge in [0.2, 0.25) is 0 Å². The van der Waals surface area contributed by atoms with E-state index < -0.39 is 26.5 Å². The third-order valence-corrected chi connectivity index (χ3v) is 16.8. The Kier molecular flexibility index (Phi) is 68.0. The number of hydrogen-bond acceptors (Lipinski definition) is 7. The first-order valence-corrected chi connectivity index (χ1v) is 39.1. The molecule has 2 atom stereocenters. The molecule has 2 unspecified atom stereocenters.